The molecule has 108 valence electrons. The Morgan fingerprint density at radius 3 is 2.75 bits per heavy atom. The van der Waals surface area contributed by atoms with Gasteiger partial charge in [0.05, 0.1) is 6.54 Å². The van der Waals surface area contributed by atoms with Crippen LogP contribution in [0.1, 0.15) is 25.7 Å². The Morgan fingerprint density at radius 2 is 2.05 bits per heavy atom. The van der Waals surface area contributed by atoms with Gasteiger partial charge in [-0.15, -0.1) is 0 Å². The minimum absolute atomic E-state index is 0.134. The summed E-state index contributed by atoms with van der Waals surface area (Å²) in [5, 5.41) is 0. The molecule has 0 radical (unpaired) electrons. The maximum atomic E-state index is 13.1. The molecule has 0 spiro atoms. The van der Waals surface area contributed by atoms with Crippen LogP contribution in [0.4, 0.5) is 10.2 Å². The molecule has 2 fully saturated rings. The summed E-state index contributed by atoms with van der Waals surface area (Å²) in [7, 11) is 0. The zero-order valence-corrected chi connectivity index (χ0v) is 11.6. The predicted octanol–water partition coefficient (Wildman–Crippen LogP) is 2.06. The fourth-order valence-corrected chi connectivity index (χ4v) is 3.18. The molecule has 1 saturated carbocycles. The quantitative estimate of drug-likeness (QED) is 0.794. The fourth-order valence-electron chi connectivity index (χ4n) is 3.18. The average molecular weight is 277 g/mol. The van der Waals surface area contributed by atoms with Crippen LogP contribution >= 0.6 is 0 Å². The molecule has 0 bridgehead atoms. The highest BCUT2D eigenvalue weighted by molar-refractivity contribution is 5.82. The lowest BCUT2D eigenvalue weighted by Crippen LogP contribution is -2.51. The first-order valence-corrected chi connectivity index (χ1v) is 7.37. The number of aromatic nitrogens is 1. The summed E-state index contributed by atoms with van der Waals surface area (Å²) in [5.74, 6) is 0.870. The van der Waals surface area contributed by atoms with Crippen LogP contribution in [-0.4, -0.2) is 42.0 Å². The van der Waals surface area contributed by atoms with Gasteiger partial charge in [-0.05, 0) is 30.9 Å². The average Bonchev–Trinajstić information content (AvgIpc) is 2.94. The van der Waals surface area contributed by atoms with Crippen molar-refractivity contribution in [1.29, 1.82) is 0 Å². The monoisotopic (exact) mass is 277 g/mol. The van der Waals surface area contributed by atoms with Crippen molar-refractivity contribution >= 4 is 11.7 Å². The molecule has 1 aromatic rings. The third kappa shape index (κ3) is 2.92. The molecule has 1 aromatic heterocycles. The minimum Gasteiger partial charge on any atom is -0.345 e. The van der Waals surface area contributed by atoms with Crippen molar-refractivity contribution in [2.45, 2.75) is 25.7 Å². The first-order chi connectivity index (χ1) is 9.72. The van der Waals surface area contributed by atoms with Crippen molar-refractivity contribution in [1.82, 2.24) is 9.88 Å². The van der Waals surface area contributed by atoms with Gasteiger partial charge in [-0.3, -0.25) is 4.79 Å². The van der Waals surface area contributed by atoms with E-state index in [0.29, 0.717) is 24.8 Å². The van der Waals surface area contributed by atoms with Crippen molar-refractivity contribution in [3.8, 4) is 0 Å². The van der Waals surface area contributed by atoms with E-state index in [1.54, 1.807) is 12.1 Å². The number of amides is 1. The first-order valence-electron chi connectivity index (χ1n) is 7.37. The molecule has 1 aliphatic carbocycles. The summed E-state index contributed by atoms with van der Waals surface area (Å²) in [6.07, 6.45) is 5.09. The number of anilines is 1. The highest BCUT2D eigenvalue weighted by Gasteiger charge is 2.27. The second-order valence-electron chi connectivity index (χ2n) is 5.73. The highest BCUT2D eigenvalue weighted by atomic mass is 19.1. The molecule has 4 nitrogen and oxygen atoms in total. The van der Waals surface area contributed by atoms with Gasteiger partial charge in [-0.2, -0.15) is 4.39 Å². The van der Waals surface area contributed by atoms with E-state index >= 15 is 0 Å². The van der Waals surface area contributed by atoms with Gasteiger partial charge in [0.15, 0.2) is 0 Å². The molecule has 0 atom stereocenters. The number of hydrogen-bond acceptors (Lipinski definition) is 3. The lowest BCUT2D eigenvalue weighted by molar-refractivity contribution is -0.131. The van der Waals surface area contributed by atoms with Crippen LogP contribution in [-0.2, 0) is 4.79 Å². The van der Waals surface area contributed by atoms with E-state index in [9.17, 15) is 9.18 Å². The van der Waals surface area contributed by atoms with Gasteiger partial charge in [0.2, 0.25) is 11.9 Å². The van der Waals surface area contributed by atoms with E-state index in [1.807, 2.05) is 9.80 Å². The molecule has 2 heterocycles. The highest BCUT2D eigenvalue weighted by Crippen LogP contribution is 2.26. The van der Waals surface area contributed by atoms with Gasteiger partial charge in [0.1, 0.15) is 5.82 Å². The minimum atomic E-state index is -0.497. The number of hydrogen-bond donors (Lipinski definition) is 0. The molecule has 0 aromatic carbocycles. The van der Waals surface area contributed by atoms with Crippen LogP contribution in [0.3, 0.4) is 0 Å². The van der Waals surface area contributed by atoms with Crippen LogP contribution in [0.15, 0.2) is 18.2 Å². The van der Waals surface area contributed by atoms with Gasteiger partial charge < -0.3 is 9.80 Å². The smallest absolute Gasteiger partial charge is 0.242 e. The molecular weight excluding hydrogens is 257 g/mol. The van der Waals surface area contributed by atoms with Gasteiger partial charge in [0.25, 0.3) is 0 Å². The molecular formula is C15H20FN3O. The Bertz CT molecular complexity index is 488. The van der Waals surface area contributed by atoms with E-state index in [4.69, 9.17) is 0 Å². The van der Waals surface area contributed by atoms with E-state index in [-0.39, 0.29) is 5.91 Å². The SMILES string of the molecule is O=C1CN(c2cccc(F)n2)CCN1CC1CCCC1. The van der Waals surface area contributed by atoms with Gasteiger partial charge >= 0.3 is 0 Å². The number of carbonyl (C=O) groups excluding carboxylic acids is 1. The Kier molecular flexibility index (Phi) is 3.85. The van der Waals surface area contributed by atoms with E-state index in [1.165, 1.54) is 31.7 Å². The Labute approximate surface area is 118 Å². The van der Waals surface area contributed by atoms with Crippen LogP contribution in [0.2, 0.25) is 0 Å². The van der Waals surface area contributed by atoms with E-state index in [0.717, 1.165) is 13.1 Å². The lowest BCUT2D eigenvalue weighted by Gasteiger charge is -2.36. The zero-order chi connectivity index (χ0) is 13.9. The summed E-state index contributed by atoms with van der Waals surface area (Å²) in [6, 6.07) is 4.71. The summed E-state index contributed by atoms with van der Waals surface area (Å²) in [4.78, 5) is 19.9. The number of nitrogens with zero attached hydrogens (tertiary/aromatic N) is 3. The fraction of sp³-hybridized carbons (Fsp3) is 0.600. The number of pyridine rings is 1. The first kappa shape index (κ1) is 13.3. The number of piperazine rings is 1. The third-order valence-corrected chi connectivity index (χ3v) is 4.30. The van der Waals surface area contributed by atoms with Crippen molar-refractivity contribution in [3.63, 3.8) is 0 Å². The Balaban J connectivity index is 1.60. The van der Waals surface area contributed by atoms with Crippen LogP contribution < -0.4 is 4.90 Å². The van der Waals surface area contributed by atoms with Gasteiger partial charge in [-0.25, -0.2) is 4.98 Å². The molecule has 3 rings (SSSR count). The molecule has 5 heteroatoms. The summed E-state index contributed by atoms with van der Waals surface area (Å²) >= 11 is 0. The normalized spacial score (nSPS) is 20.8. The second-order valence-corrected chi connectivity index (χ2v) is 5.73. The summed E-state index contributed by atoms with van der Waals surface area (Å²) < 4.78 is 13.1. The molecule has 1 saturated heterocycles. The predicted molar refractivity (Wildman–Crippen MR) is 74.9 cm³/mol. The van der Waals surface area contributed by atoms with E-state index in [2.05, 4.69) is 4.98 Å². The van der Waals surface area contributed by atoms with Crippen LogP contribution in [0.5, 0.6) is 0 Å². The van der Waals surface area contributed by atoms with Crippen molar-refractivity contribution in [2.75, 3.05) is 31.1 Å². The lowest BCUT2D eigenvalue weighted by atomic mass is 10.1. The van der Waals surface area contributed by atoms with Crippen molar-refractivity contribution in [2.24, 2.45) is 5.92 Å². The maximum absolute atomic E-state index is 13.1. The molecule has 1 aliphatic heterocycles. The Hall–Kier alpha value is -1.65. The van der Waals surface area contributed by atoms with Crippen LogP contribution in [0, 0.1) is 11.9 Å². The number of rotatable bonds is 3. The number of carbonyl (C=O) groups is 1. The largest absolute Gasteiger partial charge is 0.345 e. The molecule has 2 aliphatic rings. The van der Waals surface area contributed by atoms with Crippen molar-refractivity contribution < 1.29 is 9.18 Å². The third-order valence-electron chi connectivity index (χ3n) is 4.30. The standard InChI is InChI=1S/C15H20FN3O/c16-13-6-3-7-14(17-13)18-8-9-19(15(20)11-18)10-12-4-1-2-5-12/h3,6-7,12H,1-2,4-5,8-11H2. The maximum Gasteiger partial charge on any atom is 0.242 e. The summed E-state index contributed by atoms with van der Waals surface area (Å²) in [6.45, 7) is 2.65. The van der Waals surface area contributed by atoms with Crippen molar-refractivity contribution in [3.05, 3.63) is 24.1 Å². The Morgan fingerprint density at radius 1 is 1.25 bits per heavy atom. The van der Waals surface area contributed by atoms with Gasteiger partial charge in [0, 0.05) is 19.6 Å². The van der Waals surface area contributed by atoms with Gasteiger partial charge in [-0.1, -0.05) is 18.9 Å². The van der Waals surface area contributed by atoms with Crippen LogP contribution in [0.25, 0.3) is 0 Å². The molecule has 20 heavy (non-hydrogen) atoms. The number of halogens is 1. The van der Waals surface area contributed by atoms with E-state index < -0.39 is 5.95 Å². The zero-order valence-electron chi connectivity index (χ0n) is 11.6. The molecule has 0 N–H and O–H groups in total. The summed E-state index contributed by atoms with van der Waals surface area (Å²) in [5.41, 5.74) is 0. The molecule has 0 unspecified atom stereocenters. The second kappa shape index (κ2) is 5.77. The molecule has 1 amide bonds. The topological polar surface area (TPSA) is 36.4 Å².